The van der Waals surface area contributed by atoms with Gasteiger partial charge in [0.15, 0.2) is 0 Å². The smallest absolute Gasteiger partial charge is 0.256 e. The van der Waals surface area contributed by atoms with Gasteiger partial charge in [0.05, 0.1) is 11.7 Å². The fourth-order valence-electron chi connectivity index (χ4n) is 4.11. The van der Waals surface area contributed by atoms with Gasteiger partial charge in [-0.3, -0.25) is 4.79 Å². The third-order valence-electron chi connectivity index (χ3n) is 5.21. The van der Waals surface area contributed by atoms with E-state index in [1.54, 1.807) is 0 Å². The summed E-state index contributed by atoms with van der Waals surface area (Å²) < 4.78 is 0. The van der Waals surface area contributed by atoms with Crippen LogP contribution in [0.15, 0.2) is 24.3 Å². The number of hydrogen-bond donors (Lipinski definition) is 2. The molecule has 110 valence electrons. The van der Waals surface area contributed by atoms with Gasteiger partial charge < -0.3 is 15.0 Å². The Kier molecular flexibility index (Phi) is 2.82. The molecule has 2 N–H and O–H groups in total. The van der Waals surface area contributed by atoms with Gasteiger partial charge in [0.2, 0.25) is 0 Å². The van der Waals surface area contributed by atoms with Crippen LogP contribution in [0.25, 0.3) is 10.9 Å². The van der Waals surface area contributed by atoms with Crippen molar-refractivity contribution in [2.45, 2.75) is 25.9 Å². The second kappa shape index (κ2) is 4.60. The van der Waals surface area contributed by atoms with Crippen LogP contribution in [-0.4, -0.2) is 40.1 Å². The van der Waals surface area contributed by atoms with E-state index >= 15 is 0 Å². The monoisotopic (exact) mass is 284 g/mol. The van der Waals surface area contributed by atoms with Crippen molar-refractivity contribution in [2.24, 2.45) is 11.8 Å². The van der Waals surface area contributed by atoms with Crippen LogP contribution in [-0.2, 0) is 0 Å². The van der Waals surface area contributed by atoms with Crippen LogP contribution in [0, 0.1) is 18.8 Å². The molecule has 1 aliphatic carbocycles. The number of hydrogen-bond acceptors (Lipinski definition) is 2. The van der Waals surface area contributed by atoms with E-state index in [0.29, 0.717) is 12.5 Å². The van der Waals surface area contributed by atoms with Crippen molar-refractivity contribution in [1.29, 1.82) is 0 Å². The molecule has 2 fully saturated rings. The first-order valence-electron chi connectivity index (χ1n) is 7.70. The molecule has 1 amide bonds. The van der Waals surface area contributed by atoms with Crippen molar-refractivity contribution in [1.82, 2.24) is 9.88 Å². The van der Waals surface area contributed by atoms with Gasteiger partial charge in [0.25, 0.3) is 5.91 Å². The molecule has 2 heterocycles. The number of rotatable bonds is 1. The SMILES string of the molecule is Cc1[nH]c2ccccc2c1C(=O)N1CC2CCC(O)C2C1. The summed E-state index contributed by atoms with van der Waals surface area (Å²) in [5, 5.41) is 11.0. The molecule has 1 aliphatic heterocycles. The summed E-state index contributed by atoms with van der Waals surface area (Å²) in [4.78, 5) is 18.1. The maximum absolute atomic E-state index is 12.9. The Bertz CT molecular complexity index is 706. The first kappa shape index (κ1) is 12.9. The summed E-state index contributed by atoms with van der Waals surface area (Å²) in [7, 11) is 0. The number of para-hydroxylation sites is 1. The number of aliphatic hydroxyl groups excluding tert-OH is 1. The summed E-state index contributed by atoms with van der Waals surface area (Å²) >= 11 is 0. The number of likely N-dealkylation sites (tertiary alicyclic amines) is 1. The summed E-state index contributed by atoms with van der Waals surface area (Å²) in [5.74, 6) is 0.862. The number of H-pyrrole nitrogens is 1. The highest BCUT2D eigenvalue weighted by atomic mass is 16.3. The van der Waals surface area contributed by atoms with Crippen LogP contribution in [0.5, 0.6) is 0 Å². The highest BCUT2D eigenvalue weighted by Crippen LogP contribution is 2.39. The fourth-order valence-corrected chi connectivity index (χ4v) is 4.11. The van der Waals surface area contributed by atoms with Crippen molar-refractivity contribution >= 4 is 16.8 Å². The average molecular weight is 284 g/mol. The van der Waals surface area contributed by atoms with Gasteiger partial charge in [0.1, 0.15) is 0 Å². The van der Waals surface area contributed by atoms with Crippen molar-refractivity contribution in [3.8, 4) is 0 Å². The van der Waals surface area contributed by atoms with Gasteiger partial charge >= 0.3 is 0 Å². The first-order valence-corrected chi connectivity index (χ1v) is 7.70. The molecule has 3 atom stereocenters. The molecule has 4 nitrogen and oxygen atoms in total. The zero-order chi connectivity index (χ0) is 14.6. The van der Waals surface area contributed by atoms with E-state index in [9.17, 15) is 9.90 Å². The number of nitrogens with zero attached hydrogens (tertiary/aromatic N) is 1. The molecule has 0 radical (unpaired) electrons. The molecule has 3 unspecified atom stereocenters. The van der Waals surface area contributed by atoms with E-state index in [1.165, 1.54) is 0 Å². The maximum atomic E-state index is 12.9. The van der Waals surface area contributed by atoms with Gasteiger partial charge in [-0.15, -0.1) is 0 Å². The van der Waals surface area contributed by atoms with E-state index in [0.717, 1.165) is 41.5 Å². The van der Waals surface area contributed by atoms with Crippen molar-refractivity contribution in [2.75, 3.05) is 13.1 Å². The average Bonchev–Trinajstić information content (AvgIpc) is 3.12. The van der Waals surface area contributed by atoms with Gasteiger partial charge in [0, 0.05) is 35.6 Å². The van der Waals surface area contributed by atoms with Crippen LogP contribution in [0.2, 0.25) is 0 Å². The van der Waals surface area contributed by atoms with Crippen LogP contribution in [0.1, 0.15) is 28.9 Å². The molecule has 21 heavy (non-hydrogen) atoms. The molecular weight excluding hydrogens is 264 g/mol. The lowest BCUT2D eigenvalue weighted by Gasteiger charge is -2.18. The largest absolute Gasteiger partial charge is 0.393 e. The molecular formula is C17H20N2O2. The number of amides is 1. The van der Waals surface area contributed by atoms with Crippen molar-refractivity contribution in [3.63, 3.8) is 0 Å². The van der Waals surface area contributed by atoms with Crippen LogP contribution in [0.4, 0.5) is 0 Å². The Balaban J connectivity index is 1.67. The molecule has 1 saturated carbocycles. The number of benzene rings is 1. The normalized spacial score (nSPS) is 28.3. The number of nitrogens with one attached hydrogen (secondary N) is 1. The predicted octanol–water partition coefficient (Wildman–Crippen LogP) is 2.32. The lowest BCUT2D eigenvalue weighted by Crippen LogP contribution is -2.31. The Hall–Kier alpha value is -1.81. The number of carbonyl (C=O) groups excluding carboxylic acids is 1. The van der Waals surface area contributed by atoms with E-state index in [-0.39, 0.29) is 17.9 Å². The number of carbonyl (C=O) groups is 1. The van der Waals surface area contributed by atoms with Gasteiger partial charge in [-0.1, -0.05) is 18.2 Å². The van der Waals surface area contributed by atoms with E-state index in [1.807, 2.05) is 36.1 Å². The first-order chi connectivity index (χ1) is 10.1. The standard InChI is InChI=1S/C17H20N2O2/c1-10-16(12-4-2-3-5-14(12)18-10)17(21)19-8-11-6-7-15(20)13(11)9-19/h2-5,11,13,15,18,20H,6-9H2,1H3. The molecule has 1 aromatic carbocycles. The lowest BCUT2D eigenvalue weighted by atomic mass is 10.00. The fraction of sp³-hybridized carbons (Fsp3) is 0.471. The number of aromatic amines is 1. The zero-order valence-corrected chi connectivity index (χ0v) is 12.2. The molecule has 0 spiro atoms. The second-order valence-electron chi connectivity index (χ2n) is 6.45. The van der Waals surface area contributed by atoms with E-state index in [2.05, 4.69) is 4.98 Å². The lowest BCUT2D eigenvalue weighted by molar-refractivity contribution is 0.0753. The summed E-state index contributed by atoms with van der Waals surface area (Å²) in [6, 6.07) is 7.94. The number of fused-ring (bicyclic) bond motifs is 2. The van der Waals surface area contributed by atoms with Crippen LogP contribution < -0.4 is 0 Å². The van der Waals surface area contributed by atoms with Gasteiger partial charge in [-0.05, 0) is 31.7 Å². The number of aliphatic hydroxyl groups is 1. The van der Waals surface area contributed by atoms with Crippen LogP contribution >= 0.6 is 0 Å². The third kappa shape index (κ3) is 1.89. The molecule has 1 saturated heterocycles. The minimum Gasteiger partial charge on any atom is -0.393 e. The molecule has 2 aromatic rings. The number of aromatic nitrogens is 1. The maximum Gasteiger partial charge on any atom is 0.256 e. The molecule has 4 heteroatoms. The Morgan fingerprint density at radius 1 is 1.29 bits per heavy atom. The highest BCUT2D eigenvalue weighted by Gasteiger charge is 2.43. The molecule has 1 aromatic heterocycles. The van der Waals surface area contributed by atoms with Crippen molar-refractivity contribution in [3.05, 3.63) is 35.5 Å². The van der Waals surface area contributed by atoms with Crippen LogP contribution in [0.3, 0.4) is 0 Å². The minimum absolute atomic E-state index is 0.103. The third-order valence-corrected chi connectivity index (χ3v) is 5.21. The second-order valence-corrected chi connectivity index (χ2v) is 6.45. The predicted molar refractivity (Wildman–Crippen MR) is 81.2 cm³/mol. The molecule has 0 bridgehead atoms. The Morgan fingerprint density at radius 2 is 2.10 bits per heavy atom. The van der Waals surface area contributed by atoms with Gasteiger partial charge in [-0.25, -0.2) is 0 Å². The summed E-state index contributed by atoms with van der Waals surface area (Å²) in [5.41, 5.74) is 2.73. The zero-order valence-electron chi connectivity index (χ0n) is 12.2. The van der Waals surface area contributed by atoms with E-state index in [4.69, 9.17) is 0 Å². The Labute approximate surface area is 123 Å². The quantitative estimate of drug-likeness (QED) is 0.844. The molecule has 2 aliphatic rings. The van der Waals surface area contributed by atoms with Gasteiger partial charge in [-0.2, -0.15) is 0 Å². The summed E-state index contributed by atoms with van der Waals surface area (Å²) in [6.45, 7) is 3.45. The minimum atomic E-state index is -0.225. The van der Waals surface area contributed by atoms with E-state index < -0.39 is 0 Å². The Morgan fingerprint density at radius 3 is 2.90 bits per heavy atom. The highest BCUT2D eigenvalue weighted by molar-refractivity contribution is 6.08. The molecule has 4 rings (SSSR count). The number of aryl methyl sites for hydroxylation is 1. The summed E-state index contributed by atoms with van der Waals surface area (Å²) in [6.07, 6.45) is 1.71. The topological polar surface area (TPSA) is 56.3 Å². The van der Waals surface area contributed by atoms with Crippen molar-refractivity contribution < 1.29 is 9.90 Å².